The number of anilines is 1. The van der Waals surface area contributed by atoms with Gasteiger partial charge < -0.3 is 10.6 Å². The van der Waals surface area contributed by atoms with E-state index in [1.807, 2.05) is 0 Å². The highest BCUT2D eigenvalue weighted by atomic mass is 32.1. The molecule has 1 saturated heterocycles. The molecule has 0 spiro atoms. The first-order valence-electron chi connectivity index (χ1n) is 8.55. The first-order valence-corrected chi connectivity index (χ1v) is 9.36. The zero-order valence-corrected chi connectivity index (χ0v) is 14.8. The third-order valence-corrected chi connectivity index (χ3v) is 5.77. The molecule has 134 valence electrons. The third-order valence-electron chi connectivity index (χ3n) is 4.69. The van der Waals surface area contributed by atoms with Gasteiger partial charge in [0.25, 0.3) is 11.8 Å². The van der Waals surface area contributed by atoms with Gasteiger partial charge in [0.05, 0.1) is 11.1 Å². The van der Waals surface area contributed by atoms with Crippen molar-refractivity contribution >= 4 is 34.2 Å². The molecule has 26 heavy (non-hydrogen) atoms. The number of nitrogens with one attached hydrogen (secondary N) is 2. The Morgan fingerprint density at radius 1 is 1.19 bits per heavy atom. The molecule has 7 nitrogen and oxygen atoms in total. The number of hydrogen-bond donors (Lipinski definition) is 2. The van der Waals surface area contributed by atoms with E-state index in [0.717, 1.165) is 35.7 Å². The molecule has 1 aromatic carbocycles. The van der Waals surface area contributed by atoms with Crippen molar-refractivity contribution in [3.63, 3.8) is 0 Å². The Balaban J connectivity index is 1.40. The highest BCUT2D eigenvalue weighted by Crippen LogP contribution is 2.31. The summed E-state index contributed by atoms with van der Waals surface area (Å²) in [6.45, 7) is 1.67. The maximum Gasteiger partial charge on any atom is 0.262 e. The van der Waals surface area contributed by atoms with Crippen molar-refractivity contribution in [2.75, 3.05) is 25.0 Å². The number of piperidine rings is 1. The van der Waals surface area contributed by atoms with Gasteiger partial charge in [0.15, 0.2) is 5.13 Å². The van der Waals surface area contributed by atoms with Crippen LogP contribution >= 0.6 is 11.3 Å². The van der Waals surface area contributed by atoms with Gasteiger partial charge in [0, 0.05) is 11.1 Å². The van der Waals surface area contributed by atoms with Crippen LogP contribution in [0.25, 0.3) is 0 Å². The fraction of sp³-hybridized carbons (Fsp3) is 0.333. The lowest BCUT2D eigenvalue weighted by molar-refractivity contribution is -0.116. The van der Waals surface area contributed by atoms with Gasteiger partial charge in [-0.2, -0.15) is 0 Å². The van der Waals surface area contributed by atoms with Crippen LogP contribution in [0.4, 0.5) is 5.13 Å². The second kappa shape index (κ2) is 6.97. The largest absolute Gasteiger partial charge is 0.317 e. The van der Waals surface area contributed by atoms with Crippen LogP contribution in [0, 0.1) is 0 Å². The van der Waals surface area contributed by atoms with E-state index in [2.05, 4.69) is 15.6 Å². The van der Waals surface area contributed by atoms with Gasteiger partial charge in [0.1, 0.15) is 6.54 Å². The summed E-state index contributed by atoms with van der Waals surface area (Å²) in [5.74, 6) is -0.827. The summed E-state index contributed by atoms with van der Waals surface area (Å²) in [5.41, 5.74) is 0.681. The highest BCUT2D eigenvalue weighted by molar-refractivity contribution is 7.15. The van der Waals surface area contributed by atoms with Crippen molar-refractivity contribution in [1.82, 2.24) is 15.2 Å². The van der Waals surface area contributed by atoms with E-state index in [9.17, 15) is 14.4 Å². The Kier molecular flexibility index (Phi) is 4.52. The van der Waals surface area contributed by atoms with Crippen LogP contribution in [0.5, 0.6) is 0 Å². The minimum absolute atomic E-state index is 0.311. The van der Waals surface area contributed by atoms with Crippen molar-refractivity contribution in [2.45, 2.75) is 18.8 Å². The Hall–Kier alpha value is -2.58. The number of benzene rings is 1. The fourth-order valence-corrected chi connectivity index (χ4v) is 4.33. The second-order valence-corrected chi connectivity index (χ2v) is 7.44. The summed E-state index contributed by atoms with van der Waals surface area (Å²) in [6.07, 6.45) is 3.92. The molecule has 4 rings (SSSR count). The fourth-order valence-electron chi connectivity index (χ4n) is 3.32. The Bertz CT molecular complexity index is 838. The average Bonchev–Trinajstić information content (AvgIpc) is 3.22. The molecule has 8 heteroatoms. The van der Waals surface area contributed by atoms with E-state index < -0.39 is 17.7 Å². The molecule has 1 aromatic heterocycles. The molecule has 0 unspecified atom stereocenters. The lowest BCUT2D eigenvalue weighted by Crippen LogP contribution is -2.37. The molecular weight excluding hydrogens is 352 g/mol. The molecule has 0 saturated carbocycles. The van der Waals surface area contributed by atoms with Crippen LogP contribution in [-0.4, -0.2) is 47.2 Å². The number of imide groups is 1. The van der Waals surface area contributed by atoms with Crippen LogP contribution in [0.3, 0.4) is 0 Å². The van der Waals surface area contributed by atoms with Gasteiger partial charge in [-0.05, 0) is 44.0 Å². The molecule has 2 aliphatic rings. The molecule has 3 amide bonds. The van der Waals surface area contributed by atoms with Crippen LogP contribution in [0.15, 0.2) is 30.5 Å². The summed E-state index contributed by atoms with van der Waals surface area (Å²) in [4.78, 5) is 43.3. The van der Waals surface area contributed by atoms with Gasteiger partial charge in [-0.15, -0.1) is 11.3 Å². The lowest BCUT2D eigenvalue weighted by Gasteiger charge is -2.20. The maximum absolute atomic E-state index is 12.3. The van der Waals surface area contributed by atoms with Crippen molar-refractivity contribution in [3.8, 4) is 0 Å². The van der Waals surface area contributed by atoms with Crippen LogP contribution in [-0.2, 0) is 4.79 Å². The van der Waals surface area contributed by atoms with Crippen molar-refractivity contribution in [3.05, 3.63) is 46.5 Å². The first kappa shape index (κ1) is 16.9. The SMILES string of the molecule is O=C(CN1C(=O)c2ccccc2C1=O)Nc1ncc(C2CCNCC2)s1. The van der Waals surface area contributed by atoms with E-state index in [1.165, 1.54) is 11.3 Å². The van der Waals surface area contributed by atoms with Crippen molar-refractivity contribution < 1.29 is 14.4 Å². The molecule has 0 radical (unpaired) electrons. The smallest absolute Gasteiger partial charge is 0.262 e. The van der Waals surface area contributed by atoms with Gasteiger partial charge in [0.2, 0.25) is 5.91 Å². The van der Waals surface area contributed by atoms with Gasteiger partial charge >= 0.3 is 0 Å². The van der Waals surface area contributed by atoms with Gasteiger partial charge in [-0.1, -0.05) is 12.1 Å². The van der Waals surface area contributed by atoms with Gasteiger partial charge in [-0.25, -0.2) is 4.98 Å². The number of rotatable bonds is 4. The number of aromatic nitrogens is 1. The maximum atomic E-state index is 12.3. The van der Waals surface area contributed by atoms with E-state index in [-0.39, 0.29) is 6.54 Å². The quantitative estimate of drug-likeness (QED) is 0.802. The number of hydrogen-bond acceptors (Lipinski definition) is 6. The zero-order chi connectivity index (χ0) is 18.1. The van der Waals surface area contributed by atoms with E-state index in [1.54, 1.807) is 30.5 Å². The summed E-state index contributed by atoms with van der Waals surface area (Å²) < 4.78 is 0. The topological polar surface area (TPSA) is 91.4 Å². The normalized spacial score (nSPS) is 17.5. The predicted molar refractivity (Wildman–Crippen MR) is 97.4 cm³/mol. The number of fused-ring (bicyclic) bond motifs is 1. The van der Waals surface area contributed by atoms with Crippen molar-refractivity contribution in [2.24, 2.45) is 0 Å². The molecule has 2 aliphatic heterocycles. The summed E-state index contributed by atoms with van der Waals surface area (Å²) in [7, 11) is 0. The third kappa shape index (κ3) is 3.13. The molecule has 2 N–H and O–H groups in total. The average molecular weight is 370 g/mol. The number of carbonyl (C=O) groups is 3. The Morgan fingerprint density at radius 2 is 1.85 bits per heavy atom. The predicted octanol–water partition coefficient (Wildman–Crippen LogP) is 1.84. The zero-order valence-electron chi connectivity index (χ0n) is 14.0. The molecule has 3 heterocycles. The van der Waals surface area contributed by atoms with Crippen LogP contribution < -0.4 is 10.6 Å². The van der Waals surface area contributed by atoms with E-state index in [0.29, 0.717) is 22.2 Å². The molecule has 2 aromatic rings. The summed E-state index contributed by atoms with van der Waals surface area (Å²) in [5, 5.41) is 6.53. The summed E-state index contributed by atoms with van der Waals surface area (Å²) in [6, 6.07) is 6.59. The molecule has 1 fully saturated rings. The monoisotopic (exact) mass is 370 g/mol. The van der Waals surface area contributed by atoms with E-state index >= 15 is 0 Å². The molecular formula is C18H18N4O3S. The van der Waals surface area contributed by atoms with Crippen LogP contribution in [0.1, 0.15) is 44.4 Å². The number of carbonyl (C=O) groups excluding carboxylic acids is 3. The number of amides is 3. The Morgan fingerprint density at radius 3 is 2.50 bits per heavy atom. The number of nitrogens with zero attached hydrogens (tertiary/aromatic N) is 2. The van der Waals surface area contributed by atoms with Crippen LogP contribution in [0.2, 0.25) is 0 Å². The number of thiazole rings is 1. The second-order valence-electron chi connectivity index (χ2n) is 6.38. The van der Waals surface area contributed by atoms with Crippen molar-refractivity contribution in [1.29, 1.82) is 0 Å². The highest BCUT2D eigenvalue weighted by Gasteiger charge is 2.36. The first-order chi connectivity index (χ1) is 12.6. The minimum Gasteiger partial charge on any atom is -0.317 e. The standard InChI is InChI=1S/C18H18N4O3S/c23-15(10-22-16(24)12-3-1-2-4-13(12)17(22)25)21-18-20-9-14(26-18)11-5-7-19-8-6-11/h1-4,9,11,19H,5-8,10H2,(H,20,21,23). The lowest BCUT2D eigenvalue weighted by atomic mass is 9.97. The van der Waals surface area contributed by atoms with E-state index in [4.69, 9.17) is 0 Å². The van der Waals surface area contributed by atoms with Gasteiger partial charge in [-0.3, -0.25) is 19.3 Å². The molecule has 0 aliphatic carbocycles. The summed E-state index contributed by atoms with van der Waals surface area (Å²) >= 11 is 1.46. The molecule has 0 bridgehead atoms. The minimum atomic E-state index is -0.435. The molecule has 0 atom stereocenters. The Labute approximate surface area is 154 Å².